The lowest BCUT2D eigenvalue weighted by Gasteiger charge is -2.29. The first kappa shape index (κ1) is 94.5. The zero-order chi connectivity index (χ0) is 85.5. The summed E-state index contributed by atoms with van der Waals surface area (Å²) in [6, 6.07) is 36.2. The van der Waals surface area contributed by atoms with E-state index in [0.29, 0.717) is 0 Å². The summed E-state index contributed by atoms with van der Waals surface area (Å²) in [5, 5.41) is 0. The summed E-state index contributed by atoms with van der Waals surface area (Å²) in [4.78, 5) is 182. The van der Waals surface area contributed by atoms with Crippen molar-refractivity contribution in [2.24, 2.45) is 0 Å². The minimum Gasteiger partial charge on any atom is -0.463 e. The van der Waals surface area contributed by atoms with Crippen LogP contribution in [-0.4, -0.2) is 252 Å². The third-order valence-electron chi connectivity index (χ3n) is 17.1. The van der Waals surface area contributed by atoms with E-state index in [2.05, 4.69) is 0 Å². The van der Waals surface area contributed by atoms with Crippen molar-refractivity contribution >= 4 is 83.6 Å². The molecule has 0 radical (unpaired) electrons. The molecule has 654 valence electrons. The van der Waals surface area contributed by atoms with Crippen molar-refractivity contribution in [2.45, 2.75) is 158 Å². The summed E-state index contributed by atoms with van der Waals surface area (Å²) in [5.41, 5.74) is 3.03. The van der Waals surface area contributed by atoms with Crippen LogP contribution in [0.4, 0.5) is 0 Å². The van der Waals surface area contributed by atoms with Gasteiger partial charge in [0.2, 0.25) is 0 Å². The van der Waals surface area contributed by atoms with Crippen molar-refractivity contribution in [1.82, 2.24) is 0 Å². The van der Waals surface area contributed by atoms with E-state index in [1.54, 1.807) is 48.5 Å². The SMILES string of the molecule is COCCOCCOC(=O)CCC(=O)OC(COC(=O)CCC(=O)OC(COC(=O)CCC(=O)OC1COC(c2ccccc2)OC1)COC(=O)CCC(=O)OC1COC(c2ccccc2)OC1)COC(=O)CCC(=O)OC(COC(=O)CCC(=O)OC1COC(c2ccccc2)OC1)COC(=O)CCC(=O)OC1COC(c2ccccc2)OC1. The molecule has 4 fully saturated rings. The number of hydrogen-bond donors (Lipinski definition) is 0. The number of ether oxygens (including phenoxy) is 24. The number of benzene rings is 4. The molecule has 4 aromatic rings. The van der Waals surface area contributed by atoms with Crippen LogP contribution in [0.1, 0.15) is 137 Å². The molecule has 0 aromatic heterocycles. The lowest BCUT2D eigenvalue weighted by atomic mass is 10.2. The van der Waals surface area contributed by atoms with Gasteiger partial charge in [-0.05, 0) is 0 Å². The Morgan fingerprint density at radius 2 is 0.442 bits per heavy atom. The fraction of sp³-hybridized carbons (Fsp3) is 0.537. The molecule has 0 saturated carbocycles. The maximum atomic E-state index is 13.4. The summed E-state index contributed by atoms with van der Waals surface area (Å²) in [6.07, 6.45) is -18.4. The highest BCUT2D eigenvalue weighted by molar-refractivity contribution is 5.82. The fourth-order valence-electron chi connectivity index (χ4n) is 11.0. The standard InChI is InChI=1S/C82H98O38/c1-97-36-37-98-38-39-99-65(83)22-29-72(90)114-58(40-100-66(84)23-30-73(91)115-59(42-102-68(86)25-32-75(93)117-61-46-106-79(107-47-61)54-14-6-2-7-15-54)43-103-69(87)26-33-76(94)118-62-48-108-80(109-49-62)55-16-8-3-9-17-55)41-101-67(85)24-31-74(92)116-60(44-104-70(88)27-34-77(95)119-63-50-110-81(111-51-63)56-18-10-4-11-19-56)45-105-71(89)28-35-78(96)120-64-52-112-82(113-53-64)57-20-12-5-13-21-57/h2-21,58-64,79-82H,22-53H2,1H3. The number of hydrogen-bond acceptors (Lipinski definition) is 38. The van der Waals surface area contributed by atoms with Gasteiger partial charge in [-0.2, -0.15) is 0 Å². The van der Waals surface area contributed by atoms with Gasteiger partial charge in [-0.15, -0.1) is 0 Å². The Kier molecular flexibility index (Phi) is 42.2. The van der Waals surface area contributed by atoms with Crippen LogP contribution >= 0.6 is 0 Å². The molecule has 4 aromatic carbocycles. The highest BCUT2D eigenvalue weighted by Gasteiger charge is 2.33. The van der Waals surface area contributed by atoms with Gasteiger partial charge in [0.1, 0.15) is 70.7 Å². The molecular weight excluding hydrogens is 1590 g/mol. The van der Waals surface area contributed by atoms with Crippen molar-refractivity contribution in [2.75, 3.05) is 126 Å². The Labute approximate surface area is 689 Å². The molecule has 0 N–H and O–H groups in total. The molecular formula is C82H98O38. The number of carbonyl (C=O) groups is 14. The molecule has 0 amide bonds. The fourth-order valence-corrected chi connectivity index (χ4v) is 11.0. The minimum absolute atomic E-state index is 0.00517. The highest BCUT2D eigenvalue weighted by atomic mass is 16.7. The number of methoxy groups -OCH3 is 1. The summed E-state index contributed by atoms with van der Waals surface area (Å²) in [7, 11) is 1.47. The topological polar surface area (TPSA) is 461 Å². The third-order valence-corrected chi connectivity index (χ3v) is 17.1. The maximum absolute atomic E-state index is 13.4. The van der Waals surface area contributed by atoms with E-state index in [-0.39, 0.29) is 79.3 Å². The predicted octanol–water partition coefficient (Wildman–Crippen LogP) is 5.28. The van der Waals surface area contributed by atoms with Gasteiger partial charge in [0, 0.05) is 29.4 Å². The van der Waals surface area contributed by atoms with Crippen LogP contribution < -0.4 is 0 Å². The zero-order valence-corrected chi connectivity index (χ0v) is 66.0. The molecule has 38 heteroatoms. The highest BCUT2D eigenvalue weighted by Crippen LogP contribution is 2.28. The van der Waals surface area contributed by atoms with Gasteiger partial charge in [0.25, 0.3) is 0 Å². The maximum Gasteiger partial charge on any atom is 0.306 e. The Morgan fingerprint density at radius 3 is 0.658 bits per heavy atom. The quantitative estimate of drug-likeness (QED) is 0.0308. The van der Waals surface area contributed by atoms with E-state index in [1.807, 2.05) is 72.8 Å². The first-order chi connectivity index (χ1) is 58.2. The van der Waals surface area contributed by atoms with Crippen molar-refractivity contribution in [3.63, 3.8) is 0 Å². The summed E-state index contributed by atoms with van der Waals surface area (Å²) >= 11 is 0. The van der Waals surface area contributed by atoms with Crippen molar-refractivity contribution < 1.29 is 181 Å². The van der Waals surface area contributed by atoms with E-state index in [4.69, 9.17) is 114 Å². The predicted molar refractivity (Wildman–Crippen MR) is 398 cm³/mol. The molecule has 38 nitrogen and oxygen atoms in total. The van der Waals surface area contributed by atoms with Crippen LogP contribution in [0, 0.1) is 0 Å². The Hall–Kier alpha value is -10.9. The lowest BCUT2D eigenvalue weighted by molar-refractivity contribution is -0.229. The monoisotopic (exact) mass is 1690 g/mol. The van der Waals surface area contributed by atoms with E-state index in [1.165, 1.54) is 7.11 Å². The Balaban J connectivity index is 0.808. The Morgan fingerprint density at radius 1 is 0.250 bits per heavy atom. The van der Waals surface area contributed by atoms with E-state index in [0.717, 1.165) is 22.3 Å². The number of esters is 14. The molecule has 0 spiro atoms. The number of carbonyl (C=O) groups excluding carboxylic acids is 14. The molecule has 4 saturated heterocycles. The molecule has 4 aliphatic rings. The Bertz CT molecular complexity index is 3440. The van der Waals surface area contributed by atoms with Crippen molar-refractivity contribution in [3.8, 4) is 0 Å². The van der Waals surface area contributed by atoms with Gasteiger partial charge < -0.3 is 114 Å². The van der Waals surface area contributed by atoms with Gasteiger partial charge in [0.05, 0.1) is 163 Å². The van der Waals surface area contributed by atoms with Crippen molar-refractivity contribution in [3.05, 3.63) is 144 Å². The largest absolute Gasteiger partial charge is 0.463 e. The van der Waals surface area contributed by atoms with Gasteiger partial charge >= 0.3 is 83.6 Å². The molecule has 8 rings (SSSR count). The lowest BCUT2D eigenvalue weighted by Crippen LogP contribution is -2.35. The zero-order valence-electron chi connectivity index (χ0n) is 66.0. The van der Waals surface area contributed by atoms with Gasteiger partial charge in [-0.25, -0.2) is 0 Å². The number of rotatable bonds is 50. The van der Waals surface area contributed by atoms with E-state index in [9.17, 15) is 67.1 Å². The second-order valence-corrected chi connectivity index (χ2v) is 26.8. The van der Waals surface area contributed by atoms with Crippen molar-refractivity contribution in [1.29, 1.82) is 0 Å². The molecule has 0 bridgehead atoms. The summed E-state index contributed by atoms with van der Waals surface area (Å²) < 4.78 is 130. The molecule has 4 aliphatic heterocycles. The van der Waals surface area contributed by atoms with E-state index < -0.39 is 281 Å². The molecule has 4 heterocycles. The van der Waals surface area contributed by atoms with Crippen LogP contribution in [0.5, 0.6) is 0 Å². The molecule has 0 aliphatic carbocycles. The van der Waals surface area contributed by atoms with Crippen LogP contribution in [0.3, 0.4) is 0 Å². The molecule has 0 unspecified atom stereocenters. The molecule has 120 heavy (non-hydrogen) atoms. The smallest absolute Gasteiger partial charge is 0.306 e. The average Bonchev–Trinajstić information content (AvgIpc) is 0.866. The van der Waals surface area contributed by atoms with E-state index >= 15 is 0 Å². The van der Waals surface area contributed by atoms with Crippen LogP contribution in [0.25, 0.3) is 0 Å². The molecule has 0 atom stereocenters. The van der Waals surface area contributed by atoms with Gasteiger partial charge in [-0.1, -0.05) is 121 Å². The minimum atomic E-state index is -1.61. The first-order valence-corrected chi connectivity index (χ1v) is 38.8. The van der Waals surface area contributed by atoms with Gasteiger partial charge in [0.15, 0.2) is 43.5 Å². The second-order valence-electron chi connectivity index (χ2n) is 26.8. The summed E-state index contributed by atoms with van der Waals surface area (Å²) in [5.74, 6) is -13.4. The second kappa shape index (κ2) is 53.6. The summed E-state index contributed by atoms with van der Waals surface area (Å²) in [6.45, 7) is -4.29. The van der Waals surface area contributed by atoms with Gasteiger partial charge in [-0.3, -0.25) is 67.1 Å². The van der Waals surface area contributed by atoms with Crippen LogP contribution in [0.2, 0.25) is 0 Å². The average molecular weight is 1690 g/mol. The van der Waals surface area contributed by atoms with Crippen LogP contribution in [0.15, 0.2) is 121 Å². The third kappa shape index (κ3) is 38.0. The normalized spacial score (nSPS) is 19.6. The van der Waals surface area contributed by atoms with Crippen LogP contribution in [-0.2, 0) is 181 Å². The first-order valence-electron chi connectivity index (χ1n) is 38.8.